The summed E-state index contributed by atoms with van der Waals surface area (Å²) in [6.07, 6.45) is 4.69. The zero-order valence-corrected chi connectivity index (χ0v) is 17.3. The molecule has 0 unspecified atom stereocenters. The summed E-state index contributed by atoms with van der Waals surface area (Å²) in [5.74, 6) is -0.198. The second-order valence-corrected chi connectivity index (χ2v) is 9.03. The van der Waals surface area contributed by atoms with Crippen molar-refractivity contribution in [1.29, 1.82) is 0 Å². The van der Waals surface area contributed by atoms with E-state index in [1.165, 1.54) is 11.0 Å². The van der Waals surface area contributed by atoms with Crippen LogP contribution < -0.4 is 4.90 Å². The second kappa shape index (κ2) is 7.77. The fraction of sp³-hybridized carbons (Fsp3) is 0.200. The largest absolute Gasteiger partial charge is 0.315 e. The maximum absolute atomic E-state index is 12.8. The van der Waals surface area contributed by atoms with Crippen molar-refractivity contribution >= 4 is 33.0 Å². The van der Waals surface area contributed by atoms with Crippen LogP contribution in [0.5, 0.6) is 0 Å². The zero-order valence-electron chi connectivity index (χ0n) is 15.8. The molecular weight excluding hydrogens is 398 g/mol. The number of likely N-dealkylation sites (N-methyl/N-ethyl adjacent to an activating group) is 1. The van der Waals surface area contributed by atoms with Gasteiger partial charge in [0.2, 0.25) is 5.91 Å². The lowest BCUT2D eigenvalue weighted by Gasteiger charge is -2.19. The summed E-state index contributed by atoms with van der Waals surface area (Å²) in [6.45, 7) is 0. The van der Waals surface area contributed by atoms with Gasteiger partial charge in [-0.15, -0.1) is 0 Å². The number of sulfone groups is 1. The predicted octanol–water partition coefficient (Wildman–Crippen LogP) is 3.35. The van der Waals surface area contributed by atoms with Gasteiger partial charge in [0.25, 0.3) is 0 Å². The number of carbonyl (C=O) groups excluding carboxylic acids is 1. The molecule has 1 aromatic heterocycles. The van der Waals surface area contributed by atoms with E-state index in [0.29, 0.717) is 21.8 Å². The summed E-state index contributed by atoms with van der Waals surface area (Å²) in [4.78, 5) is 14.4. The highest BCUT2D eigenvalue weighted by atomic mass is 35.5. The highest BCUT2D eigenvalue weighted by Gasteiger charge is 2.18. The Labute approximate surface area is 169 Å². The molecule has 0 atom stereocenters. The zero-order chi connectivity index (χ0) is 20.5. The predicted molar refractivity (Wildman–Crippen MR) is 110 cm³/mol. The molecular formula is C20H20ClN3O3S. The molecule has 0 aliphatic heterocycles. The smallest absolute Gasteiger partial charge is 0.231 e. The third-order valence-corrected chi connectivity index (χ3v) is 5.88. The van der Waals surface area contributed by atoms with E-state index >= 15 is 0 Å². The summed E-state index contributed by atoms with van der Waals surface area (Å²) >= 11 is 6.15. The minimum Gasteiger partial charge on any atom is -0.315 e. The lowest BCUT2D eigenvalue weighted by Crippen LogP contribution is -2.28. The molecule has 0 spiro atoms. The van der Waals surface area contributed by atoms with Gasteiger partial charge in [-0.3, -0.25) is 9.48 Å². The molecule has 6 nitrogen and oxygen atoms in total. The molecule has 1 amide bonds. The number of amides is 1. The molecule has 0 bridgehead atoms. The minimum absolute atomic E-state index is 0.113. The Morgan fingerprint density at radius 3 is 2.50 bits per heavy atom. The first-order valence-electron chi connectivity index (χ1n) is 8.49. The van der Waals surface area contributed by atoms with Gasteiger partial charge in [-0.05, 0) is 35.4 Å². The van der Waals surface area contributed by atoms with E-state index in [0.717, 1.165) is 11.8 Å². The average molecular weight is 418 g/mol. The van der Waals surface area contributed by atoms with Crippen molar-refractivity contribution in [2.24, 2.45) is 7.05 Å². The van der Waals surface area contributed by atoms with Crippen LogP contribution in [0.15, 0.2) is 59.8 Å². The number of rotatable bonds is 5. The molecule has 3 rings (SSSR count). The molecule has 146 valence electrons. The van der Waals surface area contributed by atoms with Gasteiger partial charge in [-0.25, -0.2) is 8.42 Å². The molecule has 0 aliphatic rings. The number of hydrogen-bond donors (Lipinski definition) is 0. The molecule has 0 fully saturated rings. The van der Waals surface area contributed by atoms with E-state index in [4.69, 9.17) is 11.6 Å². The average Bonchev–Trinajstić information content (AvgIpc) is 3.08. The lowest BCUT2D eigenvalue weighted by molar-refractivity contribution is -0.117. The number of halogens is 1. The number of benzene rings is 2. The van der Waals surface area contributed by atoms with E-state index < -0.39 is 9.84 Å². The van der Waals surface area contributed by atoms with E-state index in [-0.39, 0.29) is 17.2 Å². The van der Waals surface area contributed by atoms with Gasteiger partial charge in [0.05, 0.1) is 17.5 Å². The van der Waals surface area contributed by atoms with Crippen molar-refractivity contribution in [3.63, 3.8) is 0 Å². The number of aromatic nitrogens is 2. The van der Waals surface area contributed by atoms with Gasteiger partial charge >= 0.3 is 0 Å². The van der Waals surface area contributed by atoms with Crippen LogP contribution >= 0.6 is 11.6 Å². The van der Waals surface area contributed by atoms with Crippen LogP contribution in [0.25, 0.3) is 11.1 Å². The van der Waals surface area contributed by atoms with Gasteiger partial charge < -0.3 is 4.90 Å². The van der Waals surface area contributed by atoms with Crippen molar-refractivity contribution in [1.82, 2.24) is 9.78 Å². The van der Waals surface area contributed by atoms with Crippen LogP contribution in [0, 0.1) is 0 Å². The normalized spacial score (nSPS) is 11.4. The molecule has 0 N–H and O–H groups in total. The Morgan fingerprint density at radius 2 is 1.89 bits per heavy atom. The monoisotopic (exact) mass is 417 g/mol. The SMILES string of the molecule is CN(C(=O)Cc1ccccc1Cl)c1cc(-c2cnn(C)c2)cc(S(C)(=O)=O)c1. The summed E-state index contributed by atoms with van der Waals surface area (Å²) in [7, 11) is -0.0597. The van der Waals surface area contributed by atoms with Gasteiger partial charge in [-0.2, -0.15) is 5.10 Å². The van der Waals surface area contributed by atoms with E-state index in [1.54, 1.807) is 61.5 Å². The summed E-state index contributed by atoms with van der Waals surface area (Å²) in [5.41, 5.74) is 2.64. The van der Waals surface area contributed by atoms with Crippen molar-refractivity contribution in [2.45, 2.75) is 11.3 Å². The quantitative estimate of drug-likeness (QED) is 0.638. The Bertz CT molecular complexity index is 1140. The van der Waals surface area contributed by atoms with Crippen molar-refractivity contribution in [2.75, 3.05) is 18.2 Å². The van der Waals surface area contributed by atoms with Crippen molar-refractivity contribution in [3.05, 3.63) is 65.4 Å². The molecule has 28 heavy (non-hydrogen) atoms. The first-order chi connectivity index (χ1) is 13.1. The highest BCUT2D eigenvalue weighted by Crippen LogP contribution is 2.29. The van der Waals surface area contributed by atoms with Crippen LogP contribution in [-0.4, -0.2) is 37.4 Å². The van der Waals surface area contributed by atoms with Crippen LogP contribution in [0.3, 0.4) is 0 Å². The molecule has 3 aromatic rings. The van der Waals surface area contributed by atoms with Crippen LogP contribution in [0.2, 0.25) is 5.02 Å². The Morgan fingerprint density at radius 1 is 1.18 bits per heavy atom. The molecule has 0 saturated heterocycles. The van der Waals surface area contributed by atoms with Crippen molar-refractivity contribution in [3.8, 4) is 11.1 Å². The van der Waals surface area contributed by atoms with Gasteiger partial charge in [0.1, 0.15) is 0 Å². The molecule has 8 heteroatoms. The second-order valence-electron chi connectivity index (χ2n) is 6.61. The van der Waals surface area contributed by atoms with E-state index in [1.807, 2.05) is 6.07 Å². The molecule has 1 heterocycles. The Balaban J connectivity index is 2.00. The van der Waals surface area contributed by atoms with Crippen LogP contribution in [0.1, 0.15) is 5.56 Å². The molecule has 0 aliphatic carbocycles. The Hall–Kier alpha value is -2.64. The number of nitrogens with zero attached hydrogens (tertiary/aromatic N) is 3. The van der Waals surface area contributed by atoms with Crippen LogP contribution in [-0.2, 0) is 28.1 Å². The fourth-order valence-electron chi connectivity index (χ4n) is 2.80. The third-order valence-electron chi connectivity index (χ3n) is 4.42. The summed E-state index contributed by atoms with van der Waals surface area (Å²) in [5, 5.41) is 4.65. The topological polar surface area (TPSA) is 72.3 Å². The van der Waals surface area contributed by atoms with E-state index in [2.05, 4.69) is 5.10 Å². The van der Waals surface area contributed by atoms with E-state index in [9.17, 15) is 13.2 Å². The highest BCUT2D eigenvalue weighted by molar-refractivity contribution is 7.90. The number of anilines is 1. The molecule has 0 saturated carbocycles. The lowest BCUT2D eigenvalue weighted by atomic mass is 10.1. The summed E-state index contributed by atoms with van der Waals surface area (Å²) < 4.78 is 26.0. The maximum Gasteiger partial charge on any atom is 0.231 e. The number of aryl methyl sites for hydroxylation is 1. The van der Waals surface area contributed by atoms with Gasteiger partial charge in [0, 0.05) is 42.8 Å². The third kappa shape index (κ3) is 4.43. The standard InChI is InChI=1S/C20H20ClN3O3S/c1-23-13-16(12-22-23)15-8-17(11-18(9-15)28(3,26)27)24(2)20(25)10-14-6-4-5-7-19(14)21/h4-9,11-13H,10H2,1-3H3. The van der Waals surface area contributed by atoms with Crippen molar-refractivity contribution < 1.29 is 13.2 Å². The van der Waals surface area contributed by atoms with Gasteiger partial charge in [-0.1, -0.05) is 29.8 Å². The van der Waals surface area contributed by atoms with Crippen LogP contribution in [0.4, 0.5) is 5.69 Å². The maximum atomic E-state index is 12.8. The molecule has 0 radical (unpaired) electrons. The summed E-state index contributed by atoms with van der Waals surface area (Å²) in [6, 6.07) is 12.0. The van der Waals surface area contributed by atoms with Gasteiger partial charge in [0.15, 0.2) is 9.84 Å². The Kier molecular flexibility index (Phi) is 5.58. The first kappa shape index (κ1) is 20.1. The fourth-order valence-corrected chi connectivity index (χ4v) is 3.67. The minimum atomic E-state index is -3.46. The first-order valence-corrected chi connectivity index (χ1v) is 10.8. The number of carbonyl (C=O) groups is 1. The molecule has 2 aromatic carbocycles. The number of hydrogen-bond acceptors (Lipinski definition) is 4.